The van der Waals surface area contributed by atoms with E-state index >= 15 is 0 Å². The van der Waals surface area contributed by atoms with Crippen molar-refractivity contribution in [1.29, 1.82) is 5.26 Å². The Morgan fingerprint density at radius 2 is 2.00 bits per heavy atom. The minimum absolute atomic E-state index is 0.265. The number of rotatable bonds is 4. The molecule has 2 nitrogen and oxygen atoms in total. The monoisotopic (exact) mass is 320 g/mol. The minimum atomic E-state index is -4.49. The largest absolute Gasteiger partial charge is 0.405 e. The van der Waals surface area contributed by atoms with Gasteiger partial charge in [-0.2, -0.15) is 18.4 Å². The molecular formula is C12H12BrF3N2. The zero-order valence-electron chi connectivity index (χ0n) is 9.63. The normalized spacial score (nSPS) is 14.9. The number of nitriles is 1. The van der Waals surface area contributed by atoms with Crippen LogP contribution in [0.4, 0.5) is 13.2 Å². The van der Waals surface area contributed by atoms with E-state index in [1.165, 1.54) is 6.07 Å². The Kier molecular flexibility index (Phi) is 5.17. The van der Waals surface area contributed by atoms with Gasteiger partial charge in [-0.3, -0.25) is 0 Å². The first-order chi connectivity index (χ1) is 8.36. The Morgan fingerprint density at radius 1 is 1.39 bits per heavy atom. The number of benzene rings is 1. The molecule has 0 aliphatic heterocycles. The lowest BCUT2D eigenvalue weighted by Crippen LogP contribution is -2.33. The maximum atomic E-state index is 12.4. The molecule has 0 amide bonds. The SMILES string of the molecule is C[C@H](NCC(C#N)C(F)(F)F)c1ccccc1Br. The van der Waals surface area contributed by atoms with Crippen molar-refractivity contribution in [3.05, 3.63) is 34.3 Å². The summed E-state index contributed by atoms with van der Waals surface area (Å²) in [6.07, 6.45) is -4.49. The molecule has 1 aromatic carbocycles. The Bertz CT molecular complexity index is 440. The van der Waals surface area contributed by atoms with Gasteiger partial charge in [0.1, 0.15) is 0 Å². The van der Waals surface area contributed by atoms with Gasteiger partial charge in [-0.25, -0.2) is 0 Å². The fourth-order valence-corrected chi connectivity index (χ4v) is 2.09. The van der Waals surface area contributed by atoms with Gasteiger partial charge in [0.2, 0.25) is 0 Å². The summed E-state index contributed by atoms with van der Waals surface area (Å²) in [4.78, 5) is 0. The Labute approximate surface area is 112 Å². The molecule has 1 rings (SSSR count). The van der Waals surface area contributed by atoms with Crippen LogP contribution in [-0.4, -0.2) is 12.7 Å². The molecule has 1 N–H and O–H groups in total. The average Bonchev–Trinajstić information content (AvgIpc) is 2.28. The molecule has 0 bridgehead atoms. The van der Waals surface area contributed by atoms with E-state index in [1.54, 1.807) is 6.92 Å². The van der Waals surface area contributed by atoms with Crippen LogP contribution in [0.25, 0.3) is 0 Å². The summed E-state index contributed by atoms with van der Waals surface area (Å²) < 4.78 is 38.0. The van der Waals surface area contributed by atoms with E-state index in [-0.39, 0.29) is 6.04 Å². The highest BCUT2D eigenvalue weighted by Crippen LogP contribution is 2.27. The molecule has 0 saturated heterocycles. The summed E-state index contributed by atoms with van der Waals surface area (Å²) in [7, 11) is 0. The summed E-state index contributed by atoms with van der Waals surface area (Å²) in [5.41, 5.74) is 0.858. The van der Waals surface area contributed by atoms with Crippen molar-refractivity contribution < 1.29 is 13.2 Å². The fraction of sp³-hybridized carbons (Fsp3) is 0.417. The first-order valence-corrected chi connectivity index (χ1v) is 6.09. The van der Waals surface area contributed by atoms with Crippen LogP contribution in [0.15, 0.2) is 28.7 Å². The van der Waals surface area contributed by atoms with Gasteiger partial charge in [-0.05, 0) is 18.6 Å². The summed E-state index contributed by atoms with van der Waals surface area (Å²) >= 11 is 3.33. The van der Waals surface area contributed by atoms with E-state index in [9.17, 15) is 13.2 Å². The first-order valence-electron chi connectivity index (χ1n) is 5.30. The summed E-state index contributed by atoms with van der Waals surface area (Å²) in [6.45, 7) is 1.34. The molecular weight excluding hydrogens is 309 g/mol. The molecule has 0 radical (unpaired) electrons. The second-order valence-electron chi connectivity index (χ2n) is 3.87. The third kappa shape index (κ3) is 4.00. The predicted octanol–water partition coefficient (Wildman–Crippen LogP) is 3.80. The molecule has 0 heterocycles. The molecule has 1 aromatic rings. The van der Waals surface area contributed by atoms with Crippen LogP contribution in [0.2, 0.25) is 0 Å². The second kappa shape index (κ2) is 6.21. The predicted molar refractivity (Wildman–Crippen MR) is 65.7 cm³/mol. The maximum Gasteiger partial charge on any atom is 0.405 e. The number of nitrogens with one attached hydrogen (secondary N) is 1. The van der Waals surface area contributed by atoms with Gasteiger partial charge in [0.15, 0.2) is 5.92 Å². The molecule has 1 unspecified atom stereocenters. The molecule has 0 aliphatic rings. The quantitative estimate of drug-likeness (QED) is 0.915. The van der Waals surface area contributed by atoms with Gasteiger partial charge < -0.3 is 5.32 Å². The number of halogens is 4. The lowest BCUT2D eigenvalue weighted by atomic mass is 10.1. The number of nitrogens with zero attached hydrogens (tertiary/aromatic N) is 1. The lowest BCUT2D eigenvalue weighted by Gasteiger charge is -2.19. The van der Waals surface area contributed by atoms with Crippen LogP contribution in [0.5, 0.6) is 0 Å². The van der Waals surface area contributed by atoms with Crippen molar-refractivity contribution in [3.63, 3.8) is 0 Å². The highest BCUT2D eigenvalue weighted by molar-refractivity contribution is 9.10. The van der Waals surface area contributed by atoms with Crippen LogP contribution < -0.4 is 5.32 Å². The molecule has 0 aromatic heterocycles. The first kappa shape index (κ1) is 15.0. The zero-order chi connectivity index (χ0) is 13.8. The Balaban J connectivity index is 2.65. The van der Waals surface area contributed by atoms with Crippen molar-refractivity contribution >= 4 is 15.9 Å². The van der Waals surface area contributed by atoms with Crippen molar-refractivity contribution in [2.75, 3.05) is 6.54 Å². The third-order valence-electron chi connectivity index (χ3n) is 2.55. The van der Waals surface area contributed by atoms with Crippen LogP contribution in [0.3, 0.4) is 0 Å². The van der Waals surface area contributed by atoms with Gasteiger partial charge in [-0.1, -0.05) is 34.1 Å². The van der Waals surface area contributed by atoms with Crippen molar-refractivity contribution in [2.45, 2.75) is 19.1 Å². The molecule has 98 valence electrons. The number of hydrogen-bond acceptors (Lipinski definition) is 2. The number of alkyl halides is 3. The van der Waals surface area contributed by atoms with Crippen LogP contribution in [0, 0.1) is 17.2 Å². The van der Waals surface area contributed by atoms with Crippen molar-refractivity contribution in [1.82, 2.24) is 5.32 Å². The average molecular weight is 321 g/mol. The molecule has 0 saturated carbocycles. The topological polar surface area (TPSA) is 35.8 Å². The molecule has 6 heteroatoms. The Hall–Kier alpha value is -1.06. The van der Waals surface area contributed by atoms with E-state index in [4.69, 9.17) is 5.26 Å². The third-order valence-corrected chi connectivity index (χ3v) is 3.27. The van der Waals surface area contributed by atoms with Crippen LogP contribution in [-0.2, 0) is 0 Å². The van der Waals surface area contributed by atoms with Gasteiger partial charge >= 0.3 is 6.18 Å². The Morgan fingerprint density at radius 3 is 2.50 bits per heavy atom. The molecule has 0 aliphatic carbocycles. The molecule has 18 heavy (non-hydrogen) atoms. The highest BCUT2D eigenvalue weighted by atomic mass is 79.9. The molecule has 0 fully saturated rings. The highest BCUT2D eigenvalue weighted by Gasteiger charge is 2.39. The summed E-state index contributed by atoms with van der Waals surface area (Å²) in [5, 5.41) is 11.2. The van der Waals surface area contributed by atoms with E-state index < -0.39 is 18.6 Å². The standard InChI is InChI=1S/C12H12BrF3N2/c1-8(10-4-2-3-5-11(10)13)18-7-9(6-17)12(14,15)16/h2-5,8-9,18H,7H2,1H3/t8-,9?/m0/s1. The summed E-state index contributed by atoms with van der Waals surface area (Å²) in [6, 6.07) is 8.27. The smallest absolute Gasteiger partial charge is 0.308 e. The van der Waals surface area contributed by atoms with Crippen LogP contribution >= 0.6 is 15.9 Å². The van der Waals surface area contributed by atoms with E-state index in [1.807, 2.05) is 24.3 Å². The molecule has 0 spiro atoms. The lowest BCUT2D eigenvalue weighted by molar-refractivity contribution is -0.157. The second-order valence-corrected chi connectivity index (χ2v) is 4.73. The van der Waals surface area contributed by atoms with Gasteiger partial charge in [0, 0.05) is 17.1 Å². The zero-order valence-corrected chi connectivity index (χ0v) is 11.2. The van der Waals surface area contributed by atoms with Crippen molar-refractivity contribution in [3.8, 4) is 6.07 Å². The maximum absolute atomic E-state index is 12.4. The number of hydrogen-bond donors (Lipinski definition) is 1. The molecule has 2 atom stereocenters. The van der Waals surface area contributed by atoms with Gasteiger partial charge in [0.25, 0.3) is 0 Å². The minimum Gasteiger partial charge on any atom is -0.308 e. The van der Waals surface area contributed by atoms with Gasteiger partial charge in [0.05, 0.1) is 6.07 Å². The van der Waals surface area contributed by atoms with E-state index in [0.29, 0.717) is 0 Å². The van der Waals surface area contributed by atoms with Crippen LogP contribution in [0.1, 0.15) is 18.5 Å². The van der Waals surface area contributed by atoms with Gasteiger partial charge in [-0.15, -0.1) is 0 Å². The fourth-order valence-electron chi connectivity index (χ4n) is 1.47. The van der Waals surface area contributed by atoms with Crippen molar-refractivity contribution in [2.24, 2.45) is 5.92 Å². The van der Waals surface area contributed by atoms with E-state index in [0.717, 1.165) is 10.0 Å². The van der Waals surface area contributed by atoms with E-state index in [2.05, 4.69) is 21.2 Å². The summed E-state index contributed by atoms with van der Waals surface area (Å²) in [5.74, 6) is -1.98.